The van der Waals surface area contributed by atoms with E-state index >= 15 is 0 Å². The van der Waals surface area contributed by atoms with Crippen molar-refractivity contribution in [2.24, 2.45) is 11.8 Å². The second-order valence-electron chi connectivity index (χ2n) is 8.88. The number of aliphatic hydroxyl groups is 1. The van der Waals surface area contributed by atoms with Crippen LogP contribution in [0.4, 0.5) is 0 Å². The lowest BCUT2D eigenvalue weighted by molar-refractivity contribution is -0.144. The van der Waals surface area contributed by atoms with Crippen LogP contribution in [0.2, 0.25) is 0 Å². The molecule has 3 aliphatic carbocycles. The molecular weight excluding hydrogens is 330 g/mol. The Morgan fingerprint density at radius 1 is 1.35 bits per heavy atom. The Morgan fingerprint density at radius 3 is 2.85 bits per heavy atom. The van der Waals surface area contributed by atoms with Crippen LogP contribution in [0.5, 0.6) is 5.75 Å². The molecule has 0 aromatic heterocycles. The zero-order chi connectivity index (χ0) is 18.1. The quantitative estimate of drug-likeness (QED) is 0.865. The molecule has 5 nitrogen and oxygen atoms in total. The molecule has 3 fully saturated rings. The van der Waals surface area contributed by atoms with E-state index in [9.17, 15) is 15.0 Å². The fourth-order valence-corrected chi connectivity index (χ4v) is 6.12. The Bertz CT molecular complexity index is 760. The SMILES string of the molecule is COc1ccc2c(c1)C13CCN(CC4CC4)[C@H](C2)[C@]1(O)C[C@@H](C(=O)O)C3. The molecule has 1 heterocycles. The summed E-state index contributed by atoms with van der Waals surface area (Å²) in [4.78, 5) is 14.3. The monoisotopic (exact) mass is 357 g/mol. The van der Waals surface area contributed by atoms with Gasteiger partial charge in [-0.05, 0) is 74.2 Å². The van der Waals surface area contributed by atoms with Gasteiger partial charge in [-0.25, -0.2) is 0 Å². The minimum atomic E-state index is -0.956. The highest BCUT2D eigenvalue weighted by atomic mass is 16.5. The van der Waals surface area contributed by atoms with Gasteiger partial charge in [0.05, 0.1) is 18.6 Å². The number of likely N-dealkylation sites (tertiary alicyclic amines) is 1. The summed E-state index contributed by atoms with van der Waals surface area (Å²) in [6.07, 6.45) is 5.11. The first kappa shape index (κ1) is 16.6. The third-order valence-electron chi connectivity index (χ3n) is 7.58. The molecule has 140 valence electrons. The number of carboxylic acids is 1. The minimum Gasteiger partial charge on any atom is -0.497 e. The molecule has 2 saturated carbocycles. The van der Waals surface area contributed by atoms with Crippen LogP contribution in [0.1, 0.15) is 43.2 Å². The van der Waals surface area contributed by atoms with E-state index in [1.807, 2.05) is 6.07 Å². The van der Waals surface area contributed by atoms with E-state index in [2.05, 4.69) is 17.0 Å². The van der Waals surface area contributed by atoms with E-state index in [-0.39, 0.29) is 6.04 Å². The van der Waals surface area contributed by atoms with Gasteiger partial charge in [0.15, 0.2) is 0 Å². The van der Waals surface area contributed by atoms with E-state index in [4.69, 9.17) is 4.74 Å². The van der Waals surface area contributed by atoms with E-state index in [1.54, 1.807) is 7.11 Å². The van der Waals surface area contributed by atoms with Crippen molar-refractivity contribution in [1.29, 1.82) is 0 Å². The predicted molar refractivity (Wildman–Crippen MR) is 96.4 cm³/mol. The molecule has 4 aliphatic rings. The third kappa shape index (κ3) is 2.13. The Hall–Kier alpha value is -1.59. The molecule has 1 saturated heterocycles. The molecule has 5 heteroatoms. The number of hydrogen-bond donors (Lipinski definition) is 2. The van der Waals surface area contributed by atoms with Gasteiger partial charge < -0.3 is 14.9 Å². The van der Waals surface area contributed by atoms with Crippen LogP contribution in [0.25, 0.3) is 0 Å². The number of nitrogens with zero attached hydrogens (tertiary/aromatic N) is 1. The lowest BCUT2D eigenvalue weighted by Crippen LogP contribution is -2.69. The Morgan fingerprint density at radius 2 is 2.15 bits per heavy atom. The average molecular weight is 357 g/mol. The summed E-state index contributed by atoms with van der Waals surface area (Å²) in [5.74, 6) is 0.310. The summed E-state index contributed by atoms with van der Waals surface area (Å²) in [7, 11) is 1.66. The van der Waals surface area contributed by atoms with Crippen molar-refractivity contribution in [2.45, 2.75) is 55.6 Å². The lowest BCUT2D eigenvalue weighted by Gasteiger charge is -2.59. The zero-order valence-corrected chi connectivity index (χ0v) is 15.3. The maximum atomic E-state index is 12.0. The average Bonchev–Trinajstić information content (AvgIpc) is 3.36. The fourth-order valence-electron chi connectivity index (χ4n) is 6.12. The van der Waals surface area contributed by atoms with Crippen LogP contribution in [0.15, 0.2) is 18.2 Å². The molecular formula is C21H27NO4. The van der Waals surface area contributed by atoms with Crippen LogP contribution in [0.3, 0.4) is 0 Å². The number of benzene rings is 1. The van der Waals surface area contributed by atoms with Crippen molar-refractivity contribution in [1.82, 2.24) is 4.90 Å². The number of carbonyl (C=O) groups is 1. The molecule has 0 radical (unpaired) electrons. The Kier molecular flexibility index (Phi) is 3.48. The molecule has 1 aromatic carbocycles. The van der Waals surface area contributed by atoms with Crippen molar-refractivity contribution in [3.63, 3.8) is 0 Å². The molecule has 26 heavy (non-hydrogen) atoms. The maximum absolute atomic E-state index is 12.0. The molecule has 2 N–H and O–H groups in total. The van der Waals surface area contributed by atoms with Gasteiger partial charge in [0, 0.05) is 18.0 Å². The number of ether oxygens (including phenoxy) is 1. The van der Waals surface area contributed by atoms with Gasteiger partial charge in [-0.2, -0.15) is 0 Å². The molecule has 0 spiro atoms. The molecule has 1 aromatic rings. The first-order valence-corrected chi connectivity index (χ1v) is 9.83. The molecule has 5 rings (SSSR count). The van der Waals surface area contributed by atoms with Crippen molar-refractivity contribution in [3.8, 4) is 5.75 Å². The second-order valence-corrected chi connectivity index (χ2v) is 8.88. The zero-order valence-electron chi connectivity index (χ0n) is 15.3. The number of rotatable bonds is 4. The van der Waals surface area contributed by atoms with Gasteiger partial charge >= 0.3 is 5.97 Å². The van der Waals surface area contributed by atoms with Crippen LogP contribution in [0, 0.1) is 11.8 Å². The Labute approximate surface area is 154 Å². The second kappa shape index (κ2) is 5.46. The molecule has 1 aliphatic heterocycles. The topological polar surface area (TPSA) is 70.0 Å². The van der Waals surface area contributed by atoms with Crippen LogP contribution in [-0.2, 0) is 16.6 Å². The number of hydrogen-bond acceptors (Lipinski definition) is 4. The molecule has 1 unspecified atom stereocenters. The van der Waals surface area contributed by atoms with Crippen molar-refractivity contribution < 1.29 is 19.7 Å². The highest BCUT2D eigenvalue weighted by molar-refractivity contribution is 5.72. The summed E-state index contributed by atoms with van der Waals surface area (Å²) in [6.45, 7) is 2.00. The number of aliphatic carboxylic acids is 1. The summed E-state index contributed by atoms with van der Waals surface area (Å²) >= 11 is 0. The fraction of sp³-hybridized carbons (Fsp3) is 0.667. The van der Waals surface area contributed by atoms with E-state index in [0.717, 1.165) is 43.2 Å². The van der Waals surface area contributed by atoms with Crippen molar-refractivity contribution in [2.75, 3.05) is 20.2 Å². The number of fused-ring (bicyclic) bond motifs is 1. The van der Waals surface area contributed by atoms with Crippen molar-refractivity contribution >= 4 is 5.97 Å². The Balaban J connectivity index is 1.63. The van der Waals surface area contributed by atoms with Crippen LogP contribution < -0.4 is 4.74 Å². The van der Waals surface area contributed by atoms with Gasteiger partial charge in [-0.15, -0.1) is 0 Å². The molecule has 2 bridgehead atoms. The first-order chi connectivity index (χ1) is 12.5. The van der Waals surface area contributed by atoms with Gasteiger partial charge in [0.25, 0.3) is 0 Å². The number of piperidine rings is 1. The van der Waals surface area contributed by atoms with Gasteiger partial charge in [0.2, 0.25) is 0 Å². The smallest absolute Gasteiger partial charge is 0.306 e. The standard InChI is InChI=1S/C21H27NO4/c1-26-16-5-4-14-8-18-21(25)11-15(19(23)24)10-20(21,17(14)9-16)6-7-22(18)12-13-2-3-13/h4-5,9,13,15,18,25H,2-3,6-8,10-12H2,1H3,(H,23,24)/t15-,18+,20?,21+/m0/s1. The summed E-state index contributed by atoms with van der Waals surface area (Å²) in [6, 6.07) is 6.20. The predicted octanol–water partition coefficient (Wildman–Crippen LogP) is 2.20. The number of carboxylic acid groups (broad SMARTS) is 1. The summed E-state index contributed by atoms with van der Waals surface area (Å²) in [5.41, 5.74) is 0.975. The third-order valence-corrected chi connectivity index (χ3v) is 7.58. The highest BCUT2D eigenvalue weighted by Crippen LogP contribution is 2.62. The number of methoxy groups -OCH3 is 1. The van der Waals surface area contributed by atoms with E-state index < -0.39 is 22.9 Å². The summed E-state index contributed by atoms with van der Waals surface area (Å²) < 4.78 is 5.44. The van der Waals surface area contributed by atoms with Gasteiger partial charge in [-0.1, -0.05) is 6.07 Å². The van der Waals surface area contributed by atoms with E-state index in [1.165, 1.54) is 18.4 Å². The minimum absolute atomic E-state index is 0.0297. The van der Waals surface area contributed by atoms with Gasteiger partial charge in [0.1, 0.15) is 5.75 Å². The first-order valence-electron chi connectivity index (χ1n) is 9.83. The molecule has 4 atom stereocenters. The van der Waals surface area contributed by atoms with Crippen molar-refractivity contribution in [3.05, 3.63) is 29.3 Å². The van der Waals surface area contributed by atoms with Crippen LogP contribution in [-0.4, -0.2) is 52.9 Å². The normalized spacial score (nSPS) is 38.5. The lowest BCUT2D eigenvalue weighted by atomic mass is 9.56. The maximum Gasteiger partial charge on any atom is 0.306 e. The van der Waals surface area contributed by atoms with E-state index in [0.29, 0.717) is 12.8 Å². The molecule has 0 amide bonds. The summed E-state index contributed by atoms with van der Waals surface area (Å²) in [5, 5.41) is 21.7. The highest BCUT2D eigenvalue weighted by Gasteiger charge is 2.68. The van der Waals surface area contributed by atoms with Crippen LogP contribution >= 0.6 is 0 Å². The largest absolute Gasteiger partial charge is 0.497 e. The van der Waals surface area contributed by atoms with Gasteiger partial charge in [-0.3, -0.25) is 9.69 Å².